The lowest BCUT2D eigenvalue weighted by atomic mass is 10.1. The number of benzene rings is 2. The van der Waals surface area contributed by atoms with Crippen LogP contribution in [0.2, 0.25) is 0 Å². The average molecular weight is 238 g/mol. The third kappa shape index (κ3) is 2.23. The van der Waals surface area contributed by atoms with E-state index < -0.39 is 0 Å². The Morgan fingerprint density at radius 1 is 0.833 bits per heavy atom. The molecule has 90 valence electrons. The van der Waals surface area contributed by atoms with Gasteiger partial charge in [-0.25, -0.2) is 0 Å². The molecule has 0 saturated heterocycles. The summed E-state index contributed by atoms with van der Waals surface area (Å²) in [5, 5.41) is 0. The van der Waals surface area contributed by atoms with Crippen LogP contribution in [0.1, 0.15) is 12.0 Å². The van der Waals surface area contributed by atoms with Crippen molar-refractivity contribution in [3.05, 3.63) is 72.0 Å². The predicted molar refractivity (Wildman–Crippen MR) is 71.0 cm³/mol. The molecule has 2 heteroatoms. The lowest BCUT2D eigenvalue weighted by molar-refractivity contribution is 0.307. The van der Waals surface area contributed by atoms with Crippen LogP contribution < -0.4 is 4.74 Å². The van der Waals surface area contributed by atoms with Gasteiger partial charge in [0.2, 0.25) is 0 Å². The molecule has 1 aliphatic rings. The Morgan fingerprint density at radius 3 is 2.22 bits per heavy atom. The van der Waals surface area contributed by atoms with E-state index in [1.54, 1.807) is 0 Å². The first-order valence-electron chi connectivity index (χ1n) is 6.08. The fourth-order valence-corrected chi connectivity index (χ4v) is 2.00. The molecule has 0 spiro atoms. The molecule has 0 unspecified atom stereocenters. The Hall–Kier alpha value is -2.22. The van der Waals surface area contributed by atoms with E-state index in [4.69, 9.17) is 9.47 Å². The van der Waals surface area contributed by atoms with Gasteiger partial charge < -0.3 is 9.47 Å². The zero-order valence-electron chi connectivity index (χ0n) is 10.0. The molecule has 0 N–H and O–H groups in total. The largest absolute Gasteiger partial charge is 0.489 e. The van der Waals surface area contributed by atoms with Gasteiger partial charge in [-0.3, -0.25) is 0 Å². The standard InChI is InChI=1S/C16H14O2/c1-3-7-13(8-4-1)16-15(11-12-17-16)18-14-9-5-2-6-10-14/h1-10H,11-12H2. The van der Waals surface area contributed by atoms with Crippen molar-refractivity contribution in [3.63, 3.8) is 0 Å². The Balaban J connectivity index is 1.90. The van der Waals surface area contributed by atoms with Crippen molar-refractivity contribution in [3.8, 4) is 5.75 Å². The molecule has 0 atom stereocenters. The van der Waals surface area contributed by atoms with Gasteiger partial charge in [0.1, 0.15) is 11.5 Å². The van der Waals surface area contributed by atoms with Gasteiger partial charge in [-0.15, -0.1) is 0 Å². The van der Waals surface area contributed by atoms with Crippen LogP contribution in [0, 0.1) is 0 Å². The monoisotopic (exact) mass is 238 g/mol. The Morgan fingerprint density at radius 2 is 1.50 bits per heavy atom. The van der Waals surface area contributed by atoms with Crippen LogP contribution in [0.15, 0.2) is 66.4 Å². The molecular weight excluding hydrogens is 224 g/mol. The second-order valence-electron chi connectivity index (χ2n) is 4.13. The van der Waals surface area contributed by atoms with Gasteiger partial charge in [-0.05, 0) is 12.1 Å². The normalized spacial score (nSPS) is 14.4. The molecule has 18 heavy (non-hydrogen) atoms. The van der Waals surface area contributed by atoms with Gasteiger partial charge >= 0.3 is 0 Å². The first-order valence-corrected chi connectivity index (χ1v) is 6.08. The van der Waals surface area contributed by atoms with Gasteiger partial charge in [-0.2, -0.15) is 0 Å². The zero-order chi connectivity index (χ0) is 12.2. The van der Waals surface area contributed by atoms with E-state index in [-0.39, 0.29) is 0 Å². The van der Waals surface area contributed by atoms with Crippen molar-refractivity contribution < 1.29 is 9.47 Å². The number of rotatable bonds is 3. The molecule has 0 amide bonds. The molecule has 0 fully saturated rings. The van der Waals surface area contributed by atoms with Crippen molar-refractivity contribution in [2.24, 2.45) is 0 Å². The zero-order valence-corrected chi connectivity index (χ0v) is 10.0. The fraction of sp³-hybridized carbons (Fsp3) is 0.125. The summed E-state index contributed by atoms with van der Waals surface area (Å²) >= 11 is 0. The highest BCUT2D eigenvalue weighted by molar-refractivity contribution is 5.63. The first-order chi connectivity index (χ1) is 8.93. The molecule has 0 bridgehead atoms. The Bertz CT molecular complexity index is 544. The van der Waals surface area contributed by atoms with Gasteiger partial charge in [0.15, 0.2) is 5.76 Å². The number of hydrogen-bond donors (Lipinski definition) is 0. The van der Waals surface area contributed by atoms with E-state index >= 15 is 0 Å². The van der Waals surface area contributed by atoms with E-state index in [1.165, 1.54) is 0 Å². The molecule has 2 aromatic carbocycles. The average Bonchev–Trinajstić information content (AvgIpc) is 2.89. The molecule has 3 rings (SSSR count). The molecule has 0 aromatic heterocycles. The van der Waals surface area contributed by atoms with E-state index in [2.05, 4.69) is 0 Å². The van der Waals surface area contributed by atoms with Crippen LogP contribution in [0.3, 0.4) is 0 Å². The van der Waals surface area contributed by atoms with Crippen molar-refractivity contribution in [1.29, 1.82) is 0 Å². The van der Waals surface area contributed by atoms with E-state index in [1.807, 2.05) is 60.7 Å². The minimum absolute atomic E-state index is 0.687. The summed E-state index contributed by atoms with van der Waals surface area (Å²) < 4.78 is 11.6. The fourth-order valence-electron chi connectivity index (χ4n) is 2.00. The smallest absolute Gasteiger partial charge is 0.164 e. The summed E-state index contributed by atoms with van der Waals surface area (Å²) in [5.41, 5.74) is 1.07. The summed E-state index contributed by atoms with van der Waals surface area (Å²) in [4.78, 5) is 0. The number of hydrogen-bond acceptors (Lipinski definition) is 2. The topological polar surface area (TPSA) is 18.5 Å². The number of ether oxygens (including phenoxy) is 2. The first kappa shape index (κ1) is 10.9. The highest BCUT2D eigenvalue weighted by atomic mass is 16.5. The number of para-hydroxylation sites is 1. The van der Waals surface area contributed by atoms with Crippen LogP contribution in [0.5, 0.6) is 5.75 Å². The molecule has 1 aliphatic heterocycles. The lowest BCUT2D eigenvalue weighted by Gasteiger charge is -2.08. The van der Waals surface area contributed by atoms with Crippen molar-refractivity contribution in [2.45, 2.75) is 6.42 Å². The molecule has 2 nitrogen and oxygen atoms in total. The third-order valence-electron chi connectivity index (χ3n) is 2.85. The molecule has 0 saturated carbocycles. The van der Waals surface area contributed by atoms with Crippen LogP contribution in [0.25, 0.3) is 5.76 Å². The van der Waals surface area contributed by atoms with Gasteiger partial charge in [-0.1, -0.05) is 48.5 Å². The van der Waals surface area contributed by atoms with Gasteiger partial charge in [0.05, 0.1) is 6.61 Å². The minimum Gasteiger partial charge on any atom is -0.489 e. The van der Waals surface area contributed by atoms with Gasteiger partial charge in [0.25, 0.3) is 0 Å². The molecular formula is C16H14O2. The highest BCUT2D eigenvalue weighted by Crippen LogP contribution is 2.30. The lowest BCUT2D eigenvalue weighted by Crippen LogP contribution is -1.95. The Kier molecular flexibility index (Phi) is 3.01. The van der Waals surface area contributed by atoms with Crippen molar-refractivity contribution in [2.75, 3.05) is 6.61 Å². The van der Waals surface area contributed by atoms with Crippen LogP contribution >= 0.6 is 0 Å². The third-order valence-corrected chi connectivity index (χ3v) is 2.85. The summed E-state index contributed by atoms with van der Waals surface area (Å²) in [6, 6.07) is 19.9. The summed E-state index contributed by atoms with van der Waals surface area (Å²) in [6.07, 6.45) is 0.819. The van der Waals surface area contributed by atoms with Crippen LogP contribution in [-0.4, -0.2) is 6.61 Å². The van der Waals surface area contributed by atoms with E-state index in [0.717, 1.165) is 29.3 Å². The molecule has 0 aliphatic carbocycles. The summed E-state index contributed by atoms with van der Waals surface area (Å²) in [5.74, 6) is 2.62. The molecule has 0 radical (unpaired) electrons. The van der Waals surface area contributed by atoms with Crippen molar-refractivity contribution in [1.82, 2.24) is 0 Å². The van der Waals surface area contributed by atoms with Gasteiger partial charge in [0, 0.05) is 12.0 Å². The predicted octanol–water partition coefficient (Wildman–Crippen LogP) is 3.85. The maximum Gasteiger partial charge on any atom is 0.164 e. The van der Waals surface area contributed by atoms with Crippen molar-refractivity contribution >= 4 is 5.76 Å². The summed E-state index contributed by atoms with van der Waals surface area (Å²) in [7, 11) is 0. The molecule has 1 heterocycles. The highest BCUT2D eigenvalue weighted by Gasteiger charge is 2.19. The van der Waals surface area contributed by atoms with E-state index in [0.29, 0.717) is 6.61 Å². The van der Waals surface area contributed by atoms with E-state index in [9.17, 15) is 0 Å². The second-order valence-corrected chi connectivity index (χ2v) is 4.13. The Labute approximate surface area is 106 Å². The van der Waals surface area contributed by atoms with Crippen LogP contribution in [-0.2, 0) is 4.74 Å². The van der Waals surface area contributed by atoms with Crippen LogP contribution in [0.4, 0.5) is 0 Å². The molecule has 2 aromatic rings. The SMILES string of the molecule is c1ccc(OC2=C(c3ccccc3)OCC2)cc1. The minimum atomic E-state index is 0.687. The summed E-state index contributed by atoms with van der Waals surface area (Å²) in [6.45, 7) is 0.687. The quantitative estimate of drug-likeness (QED) is 0.808. The maximum absolute atomic E-state index is 5.90. The maximum atomic E-state index is 5.90. The second kappa shape index (κ2) is 4.96.